The van der Waals surface area contributed by atoms with E-state index < -0.39 is 11.4 Å². The summed E-state index contributed by atoms with van der Waals surface area (Å²) in [5.41, 5.74) is 0. The zero-order valence-electron chi connectivity index (χ0n) is 13.6. The van der Waals surface area contributed by atoms with Crippen LogP contribution in [0.25, 0.3) is 0 Å². The maximum atomic E-state index is 8.56. The molecule has 0 radical (unpaired) electrons. The van der Waals surface area contributed by atoms with Gasteiger partial charge >= 0.3 is 0 Å². The van der Waals surface area contributed by atoms with Gasteiger partial charge in [0.1, 0.15) is 0 Å². The predicted molar refractivity (Wildman–Crippen MR) is 87.5 cm³/mol. The maximum absolute atomic E-state index is 8.56. The molecule has 0 spiro atoms. The number of rotatable bonds is 13. The van der Waals surface area contributed by atoms with Crippen LogP contribution in [0.1, 0.15) is 104 Å². The average molecular weight is 308 g/mol. The Kier molecular flexibility index (Phi) is 23.9. The molecule has 20 heavy (non-hydrogen) atoms. The topological polar surface area (TPSA) is 60.4 Å². The van der Waals surface area contributed by atoms with Crippen LogP contribution in [0.3, 0.4) is 0 Å². The van der Waals surface area contributed by atoms with Crippen LogP contribution in [0.4, 0.5) is 0 Å². The van der Waals surface area contributed by atoms with Gasteiger partial charge in [-0.15, -0.1) is 0 Å². The van der Waals surface area contributed by atoms with Crippen molar-refractivity contribution in [3.63, 3.8) is 0 Å². The summed E-state index contributed by atoms with van der Waals surface area (Å²) >= 11 is -2.86. The molecule has 1 atom stereocenters. The molecular formula is C16H35O3S-. The van der Waals surface area contributed by atoms with Crippen LogP contribution in [0, 0.1) is 0 Å². The van der Waals surface area contributed by atoms with E-state index in [9.17, 15) is 0 Å². The van der Waals surface area contributed by atoms with Crippen molar-refractivity contribution in [3.8, 4) is 0 Å². The fourth-order valence-corrected chi connectivity index (χ4v) is 2.27. The summed E-state index contributed by atoms with van der Waals surface area (Å²) in [6.07, 6.45) is 20.4. The normalized spacial score (nSPS) is 11.8. The van der Waals surface area contributed by atoms with Gasteiger partial charge in [0.25, 0.3) is 0 Å². The molecule has 0 fully saturated rings. The SMILES string of the molecule is CCCCCCCCCCCCCCCC.O=S([O-])O. The fraction of sp³-hybridized carbons (Fsp3) is 1.00. The minimum Gasteiger partial charge on any atom is -0.750 e. The van der Waals surface area contributed by atoms with Crippen LogP contribution in [-0.2, 0) is 11.4 Å². The molecule has 0 rings (SSSR count). The maximum Gasteiger partial charge on any atom is 0.0814 e. The minimum atomic E-state index is -2.86. The highest BCUT2D eigenvalue weighted by Crippen LogP contribution is 2.12. The second-order valence-corrected chi connectivity index (χ2v) is 5.89. The molecule has 3 nitrogen and oxygen atoms in total. The van der Waals surface area contributed by atoms with Crippen LogP contribution in [0.5, 0.6) is 0 Å². The van der Waals surface area contributed by atoms with Gasteiger partial charge in [-0.25, -0.2) is 4.21 Å². The van der Waals surface area contributed by atoms with E-state index in [0.717, 1.165) is 0 Å². The summed E-state index contributed by atoms with van der Waals surface area (Å²) in [4.78, 5) is 0. The largest absolute Gasteiger partial charge is 0.750 e. The van der Waals surface area contributed by atoms with Gasteiger partial charge in [-0.2, -0.15) is 0 Å². The lowest BCUT2D eigenvalue weighted by Crippen LogP contribution is -1.82. The minimum absolute atomic E-state index is 1.37. The van der Waals surface area contributed by atoms with E-state index in [4.69, 9.17) is 13.3 Å². The monoisotopic (exact) mass is 307 g/mol. The molecule has 1 N–H and O–H groups in total. The lowest BCUT2D eigenvalue weighted by atomic mass is 10.0. The first-order valence-electron chi connectivity index (χ1n) is 8.43. The van der Waals surface area contributed by atoms with E-state index in [2.05, 4.69) is 13.8 Å². The molecule has 0 saturated carbocycles. The summed E-state index contributed by atoms with van der Waals surface area (Å²) in [6, 6.07) is 0. The summed E-state index contributed by atoms with van der Waals surface area (Å²) in [5.74, 6) is 0. The molecule has 0 aliphatic carbocycles. The summed E-state index contributed by atoms with van der Waals surface area (Å²) in [5, 5.41) is 0. The molecule has 0 bridgehead atoms. The van der Waals surface area contributed by atoms with Crippen LogP contribution in [-0.4, -0.2) is 13.3 Å². The van der Waals surface area contributed by atoms with E-state index in [1.165, 1.54) is 89.9 Å². The van der Waals surface area contributed by atoms with Crippen molar-refractivity contribution in [1.29, 1.82) is 0 Å². The van der Waals surface area contributed by atoms with Gasteiger partial charge in [-0.1, -0.05) is 104 Å². The van der Waals surface area contributed by atoms with E-state index in [0.29, 0.717) is 0 Å². The summed E-state index contributed by atoms with van der Waals surface area (Å²) in [7, 11) is 0. The Labute approximate surface area is 129 Å². The second kappa shape index (κ2) is 21.4. The molecule has 124 valence electrons. The molecule has 0 aliphatic rings. The van der Waals surface area contributed by atoms with Crippen molar-refractivity contribution in [2.45, 2.75) is 104 Å². The van der Waals surface area contributed by atoms with Gasteiger partial charge in [0.15, 0.2) is 0 Å². The standard InChI is InChI=1S/C16H34.H2O3S/c1-3-5-7-9-11-13-15-16-14-12-10-8-6-4-2;1-4(2)3/h3-16H2,1-2H3;(H2,1,2,3)/p-1. The van der Waals surface area contributed by atoms with Crippen LogP contribution in [0.15, 0.2) is 0 Å². The molecular weight excluding hydrogens is 272 g/mol. The molecule has 0 saturated heterocycles. The third-order valence-electron chi connectivity index (χ3n) is 3.46. The van der Waals surface area contributed by atoms with E-state index in [-0.39, 0.29) is 0 Å². The highest BCUT2D eigenvalue weighted by Gasteiger charge is 1.92. The van der Waals surface area contributed by atoms with E-state index in [1.807, 2.05) is 0 Å². The molecule has 0 aromatic rings. The predicted octanol–water partition coefficient (Wildman–Crippen LogP) is 5.83. The molecule has 0 amide bonds. The third kappa shape index (κ3) is 30.8. The van der Waals surface area contributed by atoms with Gasteiger partial charge in [0.2, 0.25) is 0 Å². The van der Waals surface area contributed by atoms with Crippen molar-refractivity contribution in [1.82, 2.24) is 0 Å². The Balaban J connectivity index is 0. The first-order chi connectivity index (χ1) is 9.65. The highest BCUT2D eigenvalue weighted by atomic mass is 32.2. The summed E-state index contributed by atoms with van der Waals surface area (Å²) in [6.45, 7) is 4.58. The van der Waals surface area contributed by atoms with Crippen molar-refractivity contribution >= 4 is 11.4 Å². The van der Waals surface area contributed by atoms with Crippen LogP contribution >= 0.6 is 0 Å². The lowest BCUT2D eigenvalue weighted by Gasteiger charge is -2.02. The van der Waals surface area contributed by atoms with Gasteiger partial charge in [0.05, 0.1) is 11.4 Å². The molecule has 0 aromatic heterocycles. The van der Waals surface area contributed by atoms with Crippen molar-refractivity contribution < 1.29 is 13.3 Å². The van der Waals surface area contributed by atoms with Crippen LogP contribution < -0.4 is 0 Å². The first kappa shape index (κ1) is 22.4. The average Bonchev–Trinajstić information content (AvgIpc) is 2.39. The van der Waals surface area contributed by atoms with Crippen molar-refractivity contribution in [2.75, 3.05) is 0 Å². The molecule has 0 heterocycles. The number of hydrogen-bond acceptors (Lipinski definition) is 2. The van der Waals surface area contributed by atoms with Gasteiger partial charge in [-0.05, 0) is 0 Å². The Bertz CT molecular complexity index is 169. The van der Waals surface area contributed by atoms with Crippen molar-refractivity contribution in [3.05, 3.63) is 0 Å². The van der Waals surface area contributed by atoms with E-state index in [1.54, 1.807) is 0 Å². The van der Waals surface area contributed by atoms with Gasteiger partial charge in [-0.3, -0.25) is 0 Å². The van der Waals surface area contributed by atoms with Crippen molar-refractivity contribution in [2.24, 2.45) is 0 Å². The Morgan fingerprint density at radius 2 is 0.800 bits per heavy atom. The second-order valence-electron chi connectivity index (χ2n) is 5.46. The first-order valence-corrected chi connectivity index (χ1v) is 9.46. The highest BCUT2D eigenvalue weighted by molar-refractivity contribution is 7.73. The molecule has 1 unspecified atom stereocenters. The van der Waals surface area contributed by atoms with Crippen LogP contribution in [0.2, 0.25) is 0 Å². The van der Waals surface area contributed by atoms with Gasteiger partial charge < -0.3 is 9.11 Å². The zero-order chi connectivity index (χ0) is 15.5. The zero-order valence-corrected chi connectivity index (χ0v) is 14.4. The molecule has 4 heteroatoms. The molecule has 0 aromatic carbocycles. The Morgan fingerprint density at radius 3 is 0.950 bits per heavy atom. The molecule has 0 aliphatic heterocycles. The number of hydrogen-bond donors (Lipinski definition) is 1. The Hall–Kier alpha value is 0.0700. The van der Waals surface area contributed by atoms with Gasteiger partial charge in [0, 0.05) is 0 Å². The summed E-state index contributed by atoms with van der Waals surface area (Å²) < 4.78 is 24.1. The van der Waals surface area contributed by atoms with E-state index >= 15 is 0 Å². The smallest absolute Gasteiger partial charge is 0.0814 e. The quantitative estimate of drug-likeness (QED) is 0.344. The number of unbranched alkanes of at least 4 members (excludes halogenated alkanes) is 13. The fourth-order valence-electron chi connectivity index (χ4n) is 2.27. The third-order valence-corrected chi connectivity index (χ3v) is 3.46. The Morgan fingerprint density at radius 1 is 0.650 bits per heavy atom. The lowest BCUT2D eigenvalue weighted by molar-refractivity contribution is 0.436.